The Balaban J connectivity index is 2.88. The van der Waals surface area contributed by atoms with E-state index in [-0.39, 0.29) is 6.61 Å². The lowest BCUT2D eigenvalue weighted by Gasteiger charge is -1.99. The van der Waals surface area contributed by atoms with Crippen LogP contribution in [0.15, 0.2) is 4.99 Å². The highest BCUT2D eigenvalue weighted by Gasteiger charge is 1.90. The molecule has 0 aliphatic carbocycles. The van der Waals surface area contributed by atoms with Crippen LogP contribution in [0.5, 0.6) is 0 Å². The summed E-state index contributed by atoms with van der Waals surface area (Å²) in [6.07, 6.45) is 12.3. The summed E-state index contributed by atoms with van der Waals surface area (Å²) in [7, 11) is 0. The molecule has 0 heterocycles. The zero-order valence-corrected chi connectivity index (χ0v) is 9.54. The molecule has 0 aromatic heterocycles. The molecule has 0 aromatic carbocycles. The molecule has 0 radical (unpaired) electrons. The maximum atomic E-state index is 8.44. The first-order valence-corrected chi connectivity index (χ1v) is 6.01. The van der Waals surface area contributed by atoms with Gasteiger partial charge in [-0.25, -0.2) is 0 Å². The molecule has 84 valence electrons. The third-order valence-electron chi connectivity index (χ3n) is 2.35. The van der Waals surface area contributed by atoms with E-state index in [4.69, 9.17) is 5.11 Å². The first-order valence-electron chi connectivity index (χ1n) is 6.01. The maximum absolute atomic E-state index is 8.44. The van der Waals surface area contributed by atoms with E-state index in [2.05, 4.69) is 11.9 Å². The van der Waals surface area contributed by atoms with E-state index in [0.29, 0.717) is 0 Å². The van der Waals surface area contributed by atoms with Crippen LogP contribution in [-0.2, 0) is 0 Å². The number of rotatable bonds is 10. The van der Waals surface area contributed by atoms with Crippen molar-refractivity contribution in [3.05, 3.63) is 0 Å². The lowest BCUT2D eigenvalue weighted by Crippen LogP contribution is -1.87. The van der Waals surface area contributed by atoms with E-state index < -0.39 is 0 Å². The van der Waals surface area contributed by atoms with Crippen LogP contribution in [0.25, 0.3) is 0 Å². The zero-order chi connectivity index (χ0) is 10.5. The van der Waals surface area contributed by atoms with Crippen LogP contribution in [0.3, 0.4) is 0 Å². The standard InChI is InChI=1S/C12H25NO/c1-2-3-4-5-6-7-8-9-10-13-11-12-14/h11,14H,2-10,12H2,1H3. The average molecular weight is 199 g/mol. The van der Waals surface area contributed by atoms with Gasteiger partial charge in [0.05, 0.1) is 6.61 Å². The molecule has 0 fully saturated rings. The highest BCUT2D eigenvalue weighted by atomic mass is 16.2. The molecule has 0 atom stereocenters. The van der Waals surface area contributed by atoms with Gasteiger partial charge in [-0.05, 0) is 6.42 Å². The van der Waals surface area contributed by atoms with Gasteiger partial charge in [0.2, 0.25) is 0 Å². The molecule has 0 aromatic rings. The Morgan fingerprint density at radius 1 is 0.929 bits per heavy atom. The van der Waals surface area contributed by atoms with Gasteiger partial charge in [0.25, 0.3) is 0 Å². The topological polar surface area (TPSA) is 32.6 Å². The number of aliphatic hydroxyl groups excluding tert-OH is 1. The van der Waals surface area contributed by atoms with Gasteiger partial charge >= 0.3 is 0 Å². The van der Waals surface area contributed by atoms with Gasteiger partial charge in [-0.15, -0.1) is 0 Å². The van der Waals surface area contributed by atoms with Gasteiger partial charge in [0.15, 0.2) is 0 Å². The van der Waals surface area contributed by atoms with Crippen LogP contribution < -0.4 is 0 Å². The summed E-state index contributed by atoms with van der Waals surface area (Å²) < 4.78 is 0. The molecular weight excluding hydrogens is 174 g/mol. The fraction of sp³-hybridized carbons (Fsp3) is 0.917. The van der Waals surface area contributed by atoms with Gasteiger partial charge in [-0.1, -0.05) is 51.9 Å². The Bertz CT molecular complexity index is 123. The number of nitrogens with zero attached hydrogens (tertiary/aromatic N) is 1. The van der Waals surface area contributed by atoms with Gasteiger partial charge in [-0.3, -0.25) is 4.99 Å². The third-order valence-corrected chi connectivity index (χ3v) is 2.35. The van der Waals surface area contributed by atoms with Crippen LogP contribution in [0, 0.1) is 0 Å². The Morgan fingerprint density at radius 2 is 1.50 bits per heavy atom. The van der Waals surface area contributed by atoms with E-state index in [1.54, 1.807) is 6.21 Å². The number of hydrogen-bond donors (Lipinski definition) is 1. The molecular formula is C12H25NO. The molecule has 0 bridgehead atoms. The number of hydrogen-bond acceptors (Lipinski definition) is 2. The molecule has 2 nitrogen and oxygen atoms in total. The van der Waals surface area contributed by atoms with Crippen molar-refractivity contribution in [1.82, 2.24) is 0 Å². The Kier molecular flexibility index (Phi) is 12.3. The molecule has 0 amide bonds. The van der Waals surface area contributed by atoms with Crippen LogP contribution >= 0.6 is 0 Å². The number of aliphatic hydroxyl groups is 1. The first-order chi connectivity index (χ1) is 6.91. The van der Waals surface area contributed by atoms with Gasteiger partial charge in [0.1, 0.15) is 0 Å². The summed E-state index contributed by atoms with van der Waals surface area (Å²) in [5, 5.41) is 8.44. The summed E-state index contributed by atoms with van der Waals surface area (Å²) in [6, 6.07) is 0. The van der Waals surface area contributed by atoms with Crippen molar-refractivity contribution in [2.45, 2.75) is 58.3 Å². The molecule has 0 rings (SSSR count). The molecule has 0 saturated heterocycles. The summed E-state index contributed by atoms with van der Waals surface area (Å²) in [5.74, 6) is 0. The first kappa shape index (κ1) is 13.6. The predicted octanol–water partition coefficient (Wildman–Crippen LogP) is 3.19. The van der Waals surface area contributed by atoms with Crippen LogP contribution in [0.4, 0.5) is 0 Å². The third kappa shape index (κ3) is 11.6. The van der Waals surface area contributed by atoms with Crippen molar-refractivity contribution < 1.29 is 5.11 Å². The largest absolute Gasteiger partial charge is 0.391 e. The zero-order valence-electron chi connectivity index (χ0n) is 9.54. The quantitative estimate of drug-likeness (QED) is 0.425. The minimum absolute atomic E-state index is 0.0804. The lowest BCUT2D eigenvalue weighted by molar-refractivity contribution is 0.361. The summed E-state index contributed by atoms with van der Waals surface area (Å²) in [4.78, 5) is 4.06. The van der Waals surface area contributed by atoms with Gasteiger partial charge in [0, 0.05) is 12.8 Å². The summed E-state index contributed by atoms with van der Waals surface area (Å²) in [6.45, 7) is 3.21. The highest BCUT2D eigenvalue weighted by Crippen LogP contribution is 2.08. The molecule has 1 N–H and O–H groups in total. The fourth-order valence-corrected chi connectivity index (χ4v) is 1.49. The molecule has 0 saturated carbocycles. The average Bonchev–Trinajstić information content (AvgIpc) is 2.21. The van der Waals surface area contributed by atoms with E-state index in [1.165, 1.54) is 51.4 Å². The van der Waals surface area contributed by atoms with Crippen molar-refractivity contribution in [3.8, 4) is 0 Å². The predicted molar refractivity (Wildman–Crippen MR) is 63.1 cm³/mol. The van der Waals surface area contributed by atoms with Gasteiger partial charge in [-0.2, -0.15) is 0 Å². The van der Waals surface area contributed by atoms with Crippen LogP contribution in [-0.4, -0.2) is 24.5 Å². The normalized spacial score (nSPS) is 11.3. The Hall–Kier alpha value is -0.370. The minimum atomic E-state index is 0.0804. The minimum Gasteiger partial charge on any atom is -0.391 e. The van der Waals surface area contributed by atoms with Crippen molar-refractivity contribution in [1.29, 1.82) is 0 Å². The molecule has 0 spiro atoms. The summed E-state index contributed by atoms with van der Waals surface area (Å²) >= 11 is 0. The monoisotopic (exact) mass is 199 g/mol. The van der Waals surface area contributed by atoms with Crippen molar-refractivity contribution in [2.75, 3.05) is 13.2 Å². The van der Waals surface area contributed by atoms with Crippen LogP contribution in [0.1, 0.15) is 58.3 Å². The summed E-state index contributed by atoms with van der Waals surface area (Å²) in [5.41, 5.74) is 0. The highest BCUT2D eigenvalue weighted by molar-refractivity contribution is 5.57. The Morgan fingerprint density at radius 3 is 2.07 bits per heavy atom. The SMILES string of the molecule is CCCCCCCCCCN=CCO. The molecule has 0 unspecified atom stereocenters. The van der Waals surface area contributed by atoms with E-state index in [9.17, 15) is 0 Å². The maximum Gasteiger partial charge on any atom is 0.0779 e. The van der Waals surface area contributed by atoms with E-state index in [1.807, 2.05) is 0 Å². The fourth-order valence-electron chi connectivity index (χ4n) is 1.49. The van der Waals surface area contributed by atoms with Gasteiger partial charge < -0.3 is 5.11 Å². The Labute approximate surface area is 88.4 Å². The lowest BCUT2D eigenvalue weighted by atomic mass is 10.1. The van der Waals surface area contributed by atoms with E-state index >= 15 is 0 Å². The van der Waals surface area contributed by atoms with E-state index in [0.717, 1.165) is 6.54 Å². The second-order valence-corrected chi connectivity index (χ2v) is 3.75. The smallest absolute Gasteiger partial charge is 0.0779 e. The molecule has 2 heteroatoms. The second kappa shape index (κ2) is 12.6. The molecule has 14 heavy (non-hydrogen) atoms. The molecule has 0 aliphatic heterocycles. The second-order valence-electron chi connectivity index (χ2n) is 3.75. The number of unbranched alkanes of at least 4 members (excludes halogenated alkanes) is 7. The number of aliphatic imine (C=N–C) groups is 1. The molecule has 0 aliphatic rings. The van der Waals surface area contributed by atoms with Crippen molar-refractivity contribution >= 4 is 6.21 Å². The van der Waals surface area contributed by atoms with Crippen molar-refractivity contribution in [3.63, 3.8) is 0 Å². The van der Waals surface area contributed by atoms with Crippen LogP contribution in [0.2, 0.25) is 0 Å². The van der Waals surface area contributed by atoms with Crippen molar-refractivity contribution in [2.24, 2.45) is 4.99 Å².